The largest absolute Gasteiger partial charge is 0.512 e. The molecule has 0 bridgehead atoms. The summed E-state index contributed by atoms with van der Waals surface area (Å²) in [4.78, 5) is 16.9. The molecule has 0 unspecified atom stereocenters. The molecule has 1 heterocycles. The van der Waals surface area contributed by atoms with Crippen molar-refractivity contribution in [1.82, 2.24) is 4.98 Å². The molecule has 0 saturated heterocycles. The van der Waals surface area contributed by atoms with Crippen molar-refractivity contribution in [1.29, 1.82) is 0 Å². The van der Waals surface area contributed by atoms with E-state index in [0.717, 1.165) is 67.5 Å². The number of nitrogens with zero attached hydrogens (tertiary/aromatic N) is 1. The molecule has 0 aliphatic heterocycles. The van der Waals surface area contributed by atoms with Gasteiger partial charge < -0.3 is 10.1 Å². The van der Waals surface area contributed by atoms with Crippen LogP contribution in [0.25, 0.3) is 22.0 Å². The van der Waals surface area contributed by atoms with Crippen molar-refractivity contribution in [3.05, 3.63) is 77.2 Å². The smallest absolute Gasteiger partial charge is 0.162 e. The van der Waals surface area contributed by atoms with E-state index in [-0.39, 0.29) is 45.2 Å². The van der Waals surface area contributed by atoms with Crippen LogP contribution in [0.2, 0.25) is 0 Å². The van der Waals surface area contributed by atoms with Crippen LogP contribution in [-0.4, -0.2) is 15.9 Å². The predicted octanol–water partition coefficient (Wildman–Crippen LogP) is 12.7. The van der Waals surface area contributed by atoms with Gasteiger partial charge in [-0.1, -0.05) is 98.8 Å². The van der Waals surface area contributed by atoms with E-state index in [9.17, 15) is 9.90 Å². The van der Waals surface area contributed by atoms with Gasteiger partial charge in [-0.05, 0) is 103 Å². The first-order chi connectivity index (χ1) is 22.2. The van der Waals surface area contributed by atoms with Gasteiger partial charge in [0.25, 0.3) is 0 Å². The number of ketones is 1. The quantitative estimate of drug-likeness (QED) is 0.147. The van der Waals surface area contributed by atoms with Gasteiger partial charge in [-0.25, -0.2) is 0 Å². The molecule has 3 fully saturated rings. The summed E-state index contributed by atoms with van der Waals surface area (Å²) in [7, 11) is 0. The Labute approximate surface area is 306 Å². The molecule has 3 aromatic rings. The van der Waals surface area contributed by atoms with Crippen molar-refractivity contribution in [2.75, 3.05) is 0 Å². The molecule has 1 N–H and O–H groups in total. The van der Waals surface area contributed by atoms with E-state index in [1.807, 2.05) is 6.20 Å². The Kier molecular flexibility index (Phi) is 16.1. The molecular formula is C44H62IrNO2-. The van der Waals surface area contributed by atoms with Gasteiger partial charge in [0.05, 0.1) is 5.76 Å². The molecule has 48 heavy (non-hydrogen) atoms. The Hall–Kier alpha value is -2.29. The molecule has 2 aromatic carbocycles. The first kappa shape index (κ1) is 40.1. The van der Waals surface area contributed by atoms with Crippen molar-refractivity contribution < 1.29 is 30.0 Å². The van der Waals surface area contributed by atoms with Crippen LogP contribution in [0.3, 0.4) is 0 Å². The fourth-order valence-electron chi connectivity index (χ4n) is 8.35. The Bertz CT molecular complexity index is 1450. The summed E-state index contributed by atoms with van der Waals surface area (Å²) < 4.78 is 0. The van der Waals surface area contributed by atoms with Gasteiger partial charge in [0.1, 0.15) is 0 Å². The van der Waals surface area contributed by atoms with Crippen LogP contribution < -0.4 is 0 Å². The van der Waals surface area contributed by atoms with Gasteiger partial charge in [0, 0.05) is 44.2 Å². The van der Waals surface area contributed by atoms with E-state index >= 15 is 0 Å². The number of carbonyl (C=O) groups is 1. The molecule has 265 valence electrons. The number of fused-ring (bicyclic) bond motifs is 1. The molecule has 3 aliphatic carbocycles. The van der Waals surface area contributed by atoms with Crippen molar-refractivity contribution in [2.45, 2.75) is 138 Å². The Morgan fingerprint density at radius 1 is 0.854 bits per heavy atom. The Balaban J connectivity index is 0.000000265. The molecule has 4 heteroatoms. The van der Waals surface area contributed by atoms with E-state index in [2.05, 4.69) is 77.1 Å². The zero-order valence-corrected chi connectivity index (χ0v) is 32.0. The van der Waals surface area contributed by atoms with Gasteiger partial charge in [-0.2, -0.15) is 0 Å². The van der Waals surface area contributed by atoms with Crippen LogP contribution in [0.1, 0.15) is 141 Å². The van der Waals surface area contributed by atoms with Crippen molar-refractivity contribution >= 4 is 16.6 Å². The normalized spacial score (nSPS) is 26.0. The Morgan fingerprint density at radius 2 is 1.48 bits per heavy atom. The third-order valence-corrected chi connectivity index (χ3v) is 11.4. The fraction of sp³-hybridized carbons (Fsp3) is 0.591. The van der Waals surface area contributed by atoms with Gasteiger partial charge in [-0.15, -0.1) is 34.9 Å². The minimum absolute atomic E-state index is 0. The predicted molar refractivity (Wildman–Crippen MR) is 200 cm³/mol. The number of aliphatic hydroxyl groups is 1. The number of hydrogen-bond acceptors (Lipinski definition) is 3. The van der Waals surface area contributed by atoms with Crippen molar-refractivity contribution in [2.24, 2.45) is 29.6 Å². The van der Waals surface area contributed by atoms with E-state index in [0.29, 0.717) is 11.7 Å². The zero-order valence-electron chi connectivity index (χ0n) is 29.6. The van der Waals surface area contributed by atoms with Crippen LogP contribution in [0.5, 0.6) is 0 Å². The van der Waals surface area contributed by atoms with E-state index in [4.69, 9.17) is 4.98 Å². The number of allylic oxidation sites excluding steroid dienone is 2. The monoisotopic (exact) mass is 829 g/mol. The van der Waals surface area contributed by atoms with Gasteiger partial charge in [-0.3, -0.25) is 4.79 Å². The molecule has 3 saturated carbocycles. The Morgan fingerprint density at radius 3 is 2.08 bits per heavy atom. The zero-order chi connectivity index (χ0) is 32.6. The number of carbonyl (C=O) groups excluding carboxylic acids is 1. The average Bonchev–Trinajstić information content (AvgIpc) is 3.05. The SMILES string of the molecule is C.CC1CCC(C(=O)C=C(O)C2CCC(C)CC2)CC1.CCCC1CCC(c2ccc3ccnc(-c4[c-]c(C)cc(C)c4)c3c2)CC1.[Ir]. The van der Waals surface area contributed by atoms with Gasteiger partial charge >= 0.3 is 0 Å². The third kappa shape index (κ3) is 10.9. The number of hydrogen-bond donors (Lipinski definition) is 1. The fourth-order valence-corrected chi connectivity index (χ4v) is 8.35. The first-order valence-corrected chi connectivity index (χ1v) is 18.5. The average molecular weight is 829 g/mol. The number of aliphatic hydroxyl groups excluding tert-OH is 1. The summed E-state index contributed by atoms with van der Waals surface area (Å²) in [6.07, 6.45) is 20.4. The summed E-state index contributed by atoms with van der Waals surface area (Å²) in [5.41, 5.74) is 6.12. The van der Waals surface area contributed by atoms with E-state index in [1.54, 1.807) is 6.08 Å². The van der Waals surface area contributed by atoms with Crippen LogP contribution >= 0.6 is 0 Å². The number of rotatable bonds is 7. The third-order valence-electron chi connectivity index (χ3n) is 11.4. The summed E-state index contributed by atoms with van der Waals surface area (Å²) in [6, 6.07) is 17.1. The molecular weight excluding hydrogens is 767 g/mol. The molecule has 1 radical (unpaired) electrons. The molecule has 0 atom stereocenters. The minimum atomic E-state index is 0. The van der Waals surface area contributed by atoms with Gasteiger partial charge in [0.15, 0.2) is 5.78 Å². The van der Waals surface area contributed by atoms with Crippen molar-refractivity contribution in [3.8, 4) is 11.3 Å². The summed E-state index contributed by atoms with van der Waals surface area (Å²) in [5.74, 6) is 4.13. The maximum atomic E-state index is 12.2. The van der Waals surface area contributed by atoms with Crippen molar-refractivity contribution in [3.63, 3.8) is 0 Å². The van der Waals surface area contributed by atoms with Crippen LogP contribution in [0.4, 0.5) is 0 Å². The second-order valence-electron chi connectivity index (χ2n) is 15.3. The number of benzene rings is 2. The summed E-state index contributed by atoms with van der Waals surface area (Å²) >= 11 is 0. The number of pyridine rings is 1. The minimum Gasteiger partial charge on any atom is -0.512 e. The number of aryl methyl sites for hydroxylation is 2. The first-order valence-electron chi connectivity index (χ1n) is 18.5. The topological polar surface area (TPSA) is 50.2 Å². The molecule has 1 aromatic heterocycles. The second kappa shape index (κ2) is 19.2. The maximum absolute atomic E-state index is 12.2. The maximum Gasteiger partial charge on any atom is 0.162 e. The molecule has 3 nitrogen and oxygen atoms in total. The summed E-state index contributed by atoms with van der Waals surface area (Å²) in [6.45, 7) is 11.1. The van der Waals surface area contributed by atoms with E-state index in [1.165, 1.54) is 78.8 Å². The second-order valence-corrected chi connectivity index (χ2v) is 15.3. The standard InChI is InChI=1S/C26H30N.C17H28O2.CH4.Ir/c1-4-5-20-6-8-21(9-7-20)23-11-10-22-12-13-27-26(25(22)17-23)24-15-18(2)14-19(3)16-24;1-12-3-7-14(8-4-12)16(18)11-17(19)15-9-5-13(2)6-10-15;;/h10-15,17,20-21H,4-9H2,1-3H3;11-15,18H,3-10H2,1-2H3;1H4;/q-1;;;. The molecule has 3 aliphatic rings. The van der Waals surface area contributed by atoms with Crippen LogP contribution in [0, 0.1) is 49.5 Å². The van der Waals surface area contributed by atoms with Gasteiger partial charge in [0.2, 0.25) is 0 Å². The molecule has 0 spiro atoms. The van der Waals surface area contributed by atoms with E-state index < -0.39 is 0 Å². The van der Waals surface area contributed by atoms with Crippen LogP contribution in [-0.2, 0) is 24.9 Å². The molecule has 0 amide bonds. The van der Waals surface area contributed by atoms with Crippen LogP contribution in [0.15, 0.2) is 54.4 Å². The summed E-state index contributed by atoms with van der Waals surface area (Å²) in [5, 5.41) is 12.7. The molecule has 6 rings (SSSR count). The number of aromatic nitrogens is 1.